The first-order valence-corrected chi connectivity index (χ1v) is 8.78. The first-order valence-electron chi connectivity index (χ1n) is 7.98. The van der Waals surface area contributed by atoms with Crippen molar-refractivity contribution in [2.75, 3.05) is 17.3 Å². The van der Waals surface area contributed by atoms with E-state index in [9.17, 15) is 13.2 Å². The van der Waals surface area contributed by atoms with E-state index in [4.69, 9.17) is 5.26 Å². The third-order valence-corrected chi connectivity index (χ3v) is 4.40. The number of rotatable bonds is 4. The largest absolute Gasteiger partial charge is 0.421 e. The Morgan fingerprint density at radius 2 is 1.71 bits per heavy atom. The smallest absolute Gasteiger partial charge is 0.340 e. The molecule has 9 heteroatoms. The van der Waals surface area contributed by atoms with E-state index < -0.39 is 11.7 Å². The minimum atomic E-state index is -4.62. The lowest BCUT2D eigenvalue weighted by atomic mass is 10.2. The van der Waals surface area contributed by atoms with E-state index in [1.165, 1.54) is 24.3 Å². The normalized spacial score (nSPS) is 11.0. The van der Waals surface area contributed by atoms with Crippen molar-refractivity contribution in [3.63, 3.8) is 0 Å². The quantitative estimate of drug-likeness (QED) is 0.560. The van der Waals surface area contributed by atoms with Crippen molar-refractivity contribution in [3.8, 4) is 6.07 Å². The first-order chi connectivity index (χ1) is 13.3. The van der Waals surface area contributed by atoms with E-state index in [0.29, 0.717) is 16.9 Å². The lowest BCUT2D eigenvalue weighted by Crippen LogP contribution is -2.17. The minimum absolute atomic E-state index is 0.103. The average molecular weight is 448 g/mol. The molecule has 0 aliphatic carbocycles. The van der Waals surface area contributed by atoms with Crippen LogP contribution in [0, 0.1) is 11.3 Å². The lowest BCUT2D eigenvalue weighted by molar-refractivity contribution is -0.137. The number of benzene rings is 2. The monoisotopic (exact) mass is 447 g/mol. The van der Waals surface area contributed by atoms with Gasteiger partial charge in [-0.25, -0.2) is 4.98 Å². The Hall–Kier alpha value is -3.12. The molecule has 1 heterocycles. The molecule has 3 rings (SSSR count). The predicted molar refractivity (Wildman–Crippen MR) is 104 cm³/mol. The maximum absolute atomic E-state index is 13.4. The molecule has 142 valence electrons. The van der Waals surface area contributed by atoms with E-state index in [-0.39, 0.29) is 11.8 Å². The fourth-order valence-corrected chi connectivity index (χ4v) is 2.65. The highest BCUT2D eigenvalue weighted by atomic mass is 79.9. The van der Waals surface area contributed by atoms with Gasteiger partial charge < -0.3 is 10.2 Å². The van der Waals surface area contributed by atoms with Crippen molar-refractivity contribution in [1.82, 2.24) is 9.97 Å². The summed E-state index contributed by atoms with van der Waals surface area (Å²) >= 11 is 3.34. The van der Waals surface area contributed by atoms with Crippen LogP contribution in [0.25, 0.3) is 0 Å². The first kappa shape index (κ1) is 19.6. The highest BCUT2D eigenvalue weighted by molar-refractivity contribution is 9.10. The number of nitriles is 1. The molecule has 0 aliphatic rings. The van der Waals surface area contributed by atoms with Crippen LogP contribution in [0.4, 0.5) is 36.3 Å². The van der Waals surface area contributed by atoms with Gasteiger partial charge in [-0.05, 0) is 48.5 Å². The number of anilines is 4. The third kappa shape index (κ3) is 4.40. The molecule has 0 aliphatic heterocycles. The number of hydrogen-bond acceptors (Lipinski definition) is 5. The zero-order valence-corrected chi connectivity index (χ0v) is 16.1. The van der Waals surface area contributed by atoms with Gasteiger partial charge in [0.05, 0.1) is 11.6 Å². The van der Waals surface area contributed by atoms with Gasteiger partial charge in [0, 0.05) is 29.1 Å². The van der Waals surface area contributed by atoms with Gasteiger partial charge in [-0.15, -0.1) is 0 Å². The van der Waals surface area contributed by atoms with Gasteiger partial charge in [-0.3, -0.25) is 0 Å². The number of nitrogens with zero attached hydrogens (tertiary/aromatic N) is 4. The lowest BCUT2D eigenvalue weighted by Gasteiger charge is -2.20. The minimum Gasteiger partial charge on any atom is -0.340 e. The molecule has 0 amide bonds. The van der Waals surface area contributed by atoms with Crippen molar-refractivity contribution in [2.24, 2.45) is 0 Å². The second-order valence-electron chi connectivity index (χ2n) is 5.78. The molecule has 0 fully saturated rings. The summed E-state index contributed by atoms with van der Waals surface area (Å²) in [5, 5.41) is 11.5. The van der Waals surface area contributed by atoms with Crippen molar-refractivity contribution in [2.45, 2.75) is 6.18 Å². The van der Waals surface area contributed by atoms with Crippen molar-refractivity contribution < 1.29 is 13.2 Å². The zero-order valence-electron chi connectivity index (χ0n) is 14.5. The molecule has 0 unspecified atom stereocenters. The number of hydrogen-bond donors (Lipinski definition) is 1. The molecule has 28 heavy (non-hydrogen) atoms. The SMILES string of the molecule is CN(c1ccc(Br)cc1)c1ncc(C(F)(F)F)c(Nc2ccc(C#N)cc2)n1. The standard InChI is InChI=1S/C19H13BrF3N5/c1-28(15-8-4-13(20)5-9-15)18-25-11-16(19(21,22)23)17(27-18)26-14-6-2-12(10-24)3-7-14/h2-9,11H,1H3,(H,25,26,27). The molecule has 3 aromatic rings. The molecule has 0 spiro atoms. The molecular weight excluding hydrogens is 435 g/mol. The Kier molecular flexibility index (Phi) is 5.51. The Bertz CT molecular complexity index is 1010. The van der Waals surface area contributed by atoms with E-state index in [1.54, 1.807) is 24.1 Å². The molecule has 0 saturated carbocycles. The number of halogens is 4. The second-order valence-corrected chi connectivity index (χ2v) is 6.70. The van der Waals surface area contributed by atoms with Crippen LogP contribution in [-0.4, -0.2) is 17.0 Å². The third-order valence-electron chi connectivity index (χ3n) is 3.87. The van der Waals surface area contributed by atoms with Gasteiger partial charge in [0.15, 0.2) is 0 Å². The molecule has 1 N–H and O–H groups in total. The Morgan fingerprint density at radius 1 is 1.07 bits per heavy atom. The van der Waals surface area contributed by atoms with Crippen molar-refractivity contribution in [1.29, 1.82) is 5.26 Å². The molecule has 5 nitrogen and oxygen atoms in total. The van der Waals surface area contributed by atoms with Crippen LogP contribution >= 0.6 is 15.9 Å². The molecule has 0 bridgehead atoms. The van der Waals surface area contributed by atoms with Crippen LogP contribution in [0.1, 0.15) is 11.1 Å². The molecular formula is C19H13BrF3N5. The van der Waals surface area contributed by atoms with Crippen LogP contribution in [0.5, 0.6) is 0 Å². The number of nitrogens with one attached hydrogen (secondary N) is 1. The van der Waals surface area contributed by atoms with Gasteiger partial charge in [-0.1, -0.05) is 15.9 Å². The summed E-state index contributed by atoms with van der Waals surface area (Å²) < 4.78 is 41.0. The van der Waals surface area contributed by atoms with Gasteiger partial charge in [0.2, 0.25) is 5.95 Å². The Morgan fingerprint density at radius 3 is 2.29 bits per heavy atom. The fourth-order valence-electron chi connectivity index (χ4n) is 2.38. The van der Waals surface area contributed by atoms with Gasteiger partial charge >= 0.3 is 6.18 Å². The summed E-state index contributed by atoms with van der Waals surface area (Å²) in [5.41, 5.74) is 0.512. The molecule has 0 radical (unpaired) electrons. The Balaban J connectivity index is 1.99. The van der Waals surface area contributed by atoms with Crippen LogP contribution in [0.3, 0.4) is 0 Å². The average Bonchev–Trinajstić information content (AvgIpc) is 2.68. The molecule has 2 aromatic carbocycles. The Labute approximate surface area is 167 Å². The zero-order chi connectivity index (χ0) is 20.3. The molecule has 1 aromatic heterocycles. The highest BCUT2D eigenvalue weighted by Gasteiger charge is 2.35. The van der Waals surface area contributed by atoms with E-state index >= 15 is 0 Å². The van der Waals surface area contributed by atoms with Gasteiger partial charge in [-0.2, -0.15) is 23.4 Å². The van der Waals surface area contributed by atoms with E-state index in [0.717, 1.165) is 10.7 Å². The van der Waals surface area contributed by atoms with E-state index in [2.05, 4.69) is 31.2 Å². The maximum Gasteiger partial charge on any atom is 0.421 e. The van der Waals surface area contributed by atoms with Crippen molar-refractivity contribution in [3.05, 3.63) is 70.3 Å². The summed E-state index contributed by atoms with van der Waals surface area (Å²) in [7, 11) is 1.66. The molecule has 0 atom stereocenters. The summed E-state index contributed by atoms with van der Waals surface area (Å²) in [5.74, 6) is -0.266. The highest BCUT2D eigenvalue weighted by Crippen LogP contribution is 2.36. The van der Waals surface area contributed by atoms with Crippen molar-refractivity contribution >= 4 is 39.1 Å². The summed E-state index contributed by atoms with van der Waals surface area (Å²) in [4.78, 5) is 9.54. The van der Waals surface area contributed by atoms with Gasteiger partial charge in [0.25, 0.3) is 0 Å². The molecule has 0 saturated heterocycles. The van der Waals surface area contributed by atoms with Crippen LogP contribution in [0.15, 0.2) is 59.2 Å². The van der Waals surface area contributed by atoms with Crippen LogP contribution in [-0.2, 0) is 6.18 Å². The van der Waals surface area contributed by atoms with Gasteiger partial charge in [0.1, 0.15) is 11.4 Å². The van der Waals surface area contributed by atoms with Crippen LogP contribution < -0.4 is 10.2 Å². The summed E-state index contributed by atoms with van der Waals surface area (Å²) in [6, 6.07) is 15.2. The van der Waals surface area contributed by atoms with E-state index in [1.807, 2.05) is 18.2 Å². The van der Waals surface area contributed by atoms with Crippen LogP contribution in [0.2, 0.25) is 0 Å². The maximum atomic E-state index is 13.4. The summed E-state index contributed by atoms with van der Waals surface area (Å²) in [6.45, 7) is 0. The number of alkyl halides is 3. The number of aromatic nitrogens is 2. The summed E-state index contributed by atoms with van der Waals surface area (Å²) in [6.07, 6.45) is -3.87. The second kappa shape index (κ2) is 7.86. The fraction of sp³-hybridized carbons (Fsp3) is 0.105. The topological polar surface area (TPSA) is 64.8 Å². The predicted octanol–water partition coefficient (Wildman–Crippen LogP) is 5.64.